The summed E-state index contributed by atoms with van der Waals surface area (Å²) in [4.78, 5) is 25.0. The summed E-state index contributed by atoms with van der Waals surface area (Å²) in [5, 5.41) is 0. The van der Waals surface area contributed by atoms with Crippen LogP contribution < -0.4 is 9.04 Å². The van der Waals surface area contributed by atoms with Gasteiger partial charge in [-0.05, 0) is 67.6 Å². The molecule has 3 rings (SSSR count). The van der Waals surface area contributed by atoms with Crippen LogP contribution in [-0.4, -0.2) is 40.4 Å². The largest absolute Gasteiger partial charge is 0.497 e. The van der Waals surface area contributed by atoms with Crippen LogP contribution in [0.5, 0.6) is 5.75 Å². The standard InChI is InChI=1S/C24H23NO6S/c1-17(23(26)18-9-13-21(30-3)14-10-18)31-24(27)19-11-15-22(16-12-19)32(28,29)25(2)20-7-5-4-6-8-20/h4-17H,1-3H3/t17-/m1/s1. The van der Waals surface area contributed by atoms with Crippen LogP contribution in [0.2, 0.25) is 0 Å². The number of Topliss-reactive ketones (excluding diaryl/α,β-unsaturated/α-hetero) is 1. The Bertz CT molecular complexity index is 1190. The number of sulfonamides is 1. The fraction of sp³-hybridized carbons (Fsp3) is 0.167. The van der Waals surface area contributed by atoms with Crippen molar-refractivity contribution in [2.45, 2.75) is 17.9 Å². The van der Waals surface area contributed by atoms with Crippen LogP contribution in [0.3, 0.4) is 0 Å². The SMILES string of the molecule is COc1ccc(C(=O)[C@@H](C)OC(=O)c2ccc(S(=O)(=O)N(C)c3ccccc3)cc2)cc1. The van der Waals surface area contributed by atoms with Crippen molar-refractivity contribution in [3.8, 4) is 5.75 Å². The summed E-state index contributed by atoms with van der Waals surface area (Å²) in [6.07, 6.45) is -1.01. The van der Waals surface area contributed by atoms with E-state index in [0.29, 0.717) is 17.0 Å². The molecule has 7 nitrogen and oxygen atoms in total. The van der Waals surface area contributed by atoms with Crippen LogP contribution >= 0.6 is 0 Å². The molecule has 0 spiro atoms. The molecule has 0 aromatic heterocycles. The van der Waals surface area contributed by atoms with Gasteiger partial charge in [-0.1, -0.05) is 18.2 Å². The summed E-state index contributed by atoms with van der Waals surface area (Å²) in [5.74, 6) is -0.469. The molecule has 3 aromatic rings. The zero-order valence-corrected chi connectivity index (χ0v) is 18.7. The average molecular weight is 454 g/mol. The molecular weight excluding hydrogens is 430 g/mol. The number of carbonyl (C=O) groups excluding carboxylic acids is 2. The first-order valence-corrected chi connectivity index (χ1v) is 11.2. The molecule has 0 radical (unpaired) electrons. The monoisotopic (exact) mass is 453 g/mol. The van der Waals surface area contributed by atoms with E-state index in [1.54, 1.807) is 54.6 Å². The molecule has 0 N–H and O–H groups in total. The van der Waals surface area contributed by atoms with E-state index in [2.05, 4.69) is 0 Å². The average Bonchev–Trinajstić information content (AvgIpc) is 2.83. The molecule has 0 saturated heterocycles. The number of anilines is 1. The number of hydrogen-bond donors (Lipinski definition) is 0. The Balaban J connectivity index is 1.69. The quantitative estimate of drug-likeness (QED) is 0.379. The van der Waals surface area contributed by atoms with Crippen molar-refractivity contribution in [3.05, 3.63) is 90.0 Å². The Hall–Kier alpha value is -3.65. The van der Waals surface area contributed by atoms with Gasteiger partial charge in [0.05, 0.1) is 23.3 Å². The first kappa shape index (κ1) is 23.0. The van der Waals surface area contributed by atoms with E-state index < -0.39 is 22.1 Å². The van der Waals surface area contributed by atoms with Crippen LogP contribution in [0.25, 0.3) is 0 Å². The number of hydrogen-bond acceptors (Lipinski definition) is 6. The third kappa shape index (κ3) is 4.97. The van der Waals surface area contributed by atoms with E-state index >= 15 is 0 Å². The van der Waals surface area contributed by atoms with Crippen molar-refractivity contribution >= 4 is 27.5 Å². The Morgan fingerprint density at radius 2 is 1.41 bits per heavy atom. The highest BCUT2D eigenvalue weighted by atomic mass is 32.2. The van der Waals surface area contributed by atoms with E-state index in [1.165, 1.54) is 45.3 Å². The first-order chi connectivity index (χ1) is 15.2. The molecule has 0 aliphatic rings. The molecule has 0 saturated carbocycles. The van der Waals surface area contributed by atoms with Crippen molar-refractivity contribution < 1.29 is 27.5 Å². The lowest BCUT2D eigenvalue weighted by Crippen LogP contribution is -2.26. The number of para-hydroxylation sites is 1. The maximum absolute atomic E-state index is 12.8. The number of esters is 1. The third-order valence-corrected chi connectivity index (χ3v) is 6.70. The zero-order valence-electron chi connectivity index (χ0n) is 17.9. The van der Waals surface area contributed by atoms with Crippen molar-refractivity contribution in [3.63, 3.8) is 0 Å². The molecule has 0 bridgehead atoms. The highest BCUT2D eigenvalue weighted by Crippen LogP contribution is 2.22. The second kappa shape index (κ2) is 9.65. The lowest BCUT2D eigenvalue weighted by molar-refractivity contribution is 0.0318. The summed E-state index contributed by atoms with van der Waals surface area (Å²) < 4.78 is 37.2. The minimum absolute atomic E-state index is 0.0303. The third-order valence-electron chi connectivity index (χ3n) is 4.90. The minimum atomic E-state index is -3.80. The van der Waals surface area contributed by atoms with Gasteiger partial charge in [-0.3, -0.25) is 9.10 Å². The van der Waals surface area contributed by atoms with Gasteiger partial charge in [0.15, 0.2) is 6.10 Å². The molecule has 0 aliphatic heterocycles. The van der Waals surface area contributed by atoms with Gasteiger partial charge in [-0.15, -0.1) is 0 Å². The van der Waals surface area contributed by atoms with Gasteiger partial charge < -0.3 is 9.47 Å². The number of carbonyl (C=O) groups is 2. The fourth-order valence-corrected chi connectivity index (χ4v) is 4.17. The summed E-state index contributed by atoms with van der Waals surface area (Å²) in [5.41, 5.74) is 1.04. The van der Waals surface area contributed by atoms with Gasteiger partial charge in [0.1, 0.15) is 5.75 Å². The Labute approximate surface area is 187 Å². The molecule has 32 heavy (non-hydrogen) atoms. The topological polar surface area (TPSA) is 90.0 Å². The lowest BCUT2D eigenvalue weighted by Gasteiger charge is -2.19. The minimum Gasteiger partial charge on any atom is -0.497 e. The molecule has 0 heterocycles. The molecule has 3 aromatic carbocycles. The van der Waals surface area contributed by atoms with E-state index in [4.69, 9.17) is 9.47 Å². The number of rotatable bonds is 8. The van der Waals surface area contributed by atoms with Crippen LogP contribution in [-0.2, 0) is 14.8 Å². The second-order valence-corrected chi connectivity index (χ2v) is 8.94. The molecule has 166 valence electrons. The van der Waals surface area contributed by atoms with Crippen LogP contribution in [0.1, 0.15) is 27.6 Å². The lowest BCUT2D eigenvalue weighted by atomic mass is 10.1. The normalized spacial score (nSPS) is 12.0. The van der Waals surface area contributed by atoms with E-state index in [-0.39, 0.29) is 16.2 Å². The number of benzene rings is 3. The molecule has 0 fully saturated rings. The van der Waals surface area contributed by atoms with Gasteiger partial charge in [0.25, 0.3) is 10.0 Å². The predicted molar refractivity (Wildman–Crippen MR) is 121 cm³/mol. The van der Waals surface area contributed by atoms with Crippen LogP contribution in [0.4, 0.5) is 5.69 Å². The molecule has 0 amide bonds. The summed E-state index contributed by atoms with van der Waals surface area (Å²) >= 11 is 0. The number of ketones is 1. The molecule has 0 unspecified atom stereocenters. The van der Waals surface area contributed by atoms with Crippen molar-refractivity contribution in [2.75, 3.05) is 18.5 Å². The molecule has 8 heteroatoms. The molecule has 1 atom stereocenters. The van der Waals surface area contributed by atoms with E-state index in [1.807, 2.05) is 0 Å². The molecular formula is C24H23NO6S. The van der Waals surface area contributed by atoms with Crippen molar-refractivity contribution in [1.29, 1.82) is 0 Å². The Morgan fingerprint density at radius 3 is 1.97 bits per heavy atom. The molecule has 0 aliphatic carbocycles. The first-order valence-electron chi connectivity index (χ1n) is 9.77. The van der Waals surface area contributed by atoms with E-state index in [9.17, 15) is 18.0 Å². The zero-order chi connectivity index (χ0) is 23.3. The number of nitrogens with zero attached hydrogens (tertiary/aromatic N) is 1. The van der Waals surface area contributed by atoms with Gasteiger partial charge >= 0.3 is 5.97 Å². The maximum atomic E-state index is 12.8. The van der Waals surface area contributed by atoms with Crippen molar-refractivity contribution in [1.82, 2.24) is 0 Å². The number of methoxy groups -OCH3 is 1. The summed E-state index contributed by atoms with van der Waals surface area (Å²) in [6, 6.07) is 20.5. The number of ether oxygens (including phenoxy) is 2. The Morgan fingerprint density at radius 1 is 0.844 bits per heavy atom. The summed E-state index contributed by atoms with van der Waals surface area (Å²) in [7, 11) is -0.813. The maximum Gasteiger partial charge on any atom is 0.338 e. The second-order valence-electron chi connectivity index (χ2n) is 6.97. The van der Waals surface area contributed by atoms with Gasteiger partial charge in [-0.2, -0.15) is 0 Å². The van der Waals surface area contributed by atoms with Gasteiger partial charge in [0.2, 0.25) is 5.78 Å². The van der Waals surface area contributed by atoms with Gasteiger partial charge in [-0.25, -0.2) is 13.2 Å². The fourth-order valence-electron chi connectivity index (χ4n) is 2.97. The summed E-state index contributed by atoms with van der Waals surface area (Å²) in [6.45, 7) is 1.48. The van der Waals surface area contributed by atoms with Crippen molar-refractivity contribution in [2.24, 2.45) is 0 Å². The Kier molecular flexibility index (Phi) is 6.95. The highest BCUT2D eigenvalue weighted by Gasteiger charge is 2.23. The van der Waals surface area contributed by atoms with Crippen LogP contribution in [0.15, 0.2) is 83.8 Å². The predicted octanol–water partition coefficient (Wildman–Crippen LogP) is 3.95. The van der Waals surface area contributed by atoms with E-state index in [0.717, 1.165) is 4.31 Å². The van der Waals surface area contributed by atoms with Crippen LogP contribution in [0, 0.1) is 0 Å². The smallest absolute Gasteiger partial charge is 0.338 e. The highest BCUT2D eigenvalue weighted by molar-refractivity contribution is 7.92. The van der Waals surface area contributed by atoms with Gasteiger partial charge in [0, 0.05) is 12.6 Å².